The van der Waals surface area contributed by atoms with Crippen LogP contribution >= 0.6 is 0 Å². The van der Waals surface area contributed by atoms with Crippen LogP contribution in [0, 0.1) is 0 Å². The van der Waals surface area contributed by atoms with E-state index in [0.29, 0.717) is 5.75 Å². The van der Waals surface area contributed by atoms with Gasteiger partial charge in [0.25, 0.3) is 0 Å². The molecule has 0 aromatic heterocycles. The van der Waals surface area contributed by atoms with Crippen LogP contribution in [-0.4, -0.2) is 5.11 Å². The van der Waals surface area contributed by atoms with Crippen molar-refractivity contribution in [1.29, 1.82) is 0 Å². The zero-order valence-electron chi connectivity index (χ0n) is 10.4. The van der Waals surface area contributed by atoms with Crippen LogP contribution in [0.15, 0.2) is 42.5 Å². The molecule has 0 radical (unpaired) electrons. The van der Waals surface area contributed by atoms with Crippen LogP contribution in [0.1, 0.15) is 25.0 Å². The van der Waals surface area contributed by atoms with Crippen molar-refractivity contribution in [2.45, 2.75) is 26.7 Å². The van der Waals surface area contributed by atoms with Gasteiger partial charge in [-0.25, -0.2) is 0 Å². The summed E-state index contributed by atoms with van der Waals surface area (Å²) in [6.07, 6.45) is 1.83. The van der Waals surface area contributed by atoms with E-state index in [9.17, 15) is 5.11 Å². The molecule has 0 aliphatic carbocycles. The molecule has 88 valence electrons. The van der Waals surface area contributed by atoms with Crippen LogP contribution in [0.4, 0.5) is 0 Å². The van der Waals surface area contributed by atoms with Gasteiger partial charge in [-0.3, -0.25) is 0 Å². The van der Waals surface area contributed by atoms with Crippen molar-refractivity contribution in [3.8, 4) is 16.9 Å². The van der Waals surface area contributed by atoms with Crippen molar-refractivity contribution in [2.75, 3.05) is 0 Å². The molecule has 0 aliphatic rings. The normalized spacial score (nSPS) is 10.5. The van der Waals surface area contributed by atoms with Gasteiger partial charge < -0.3 is 5.11 Å². The molecule has 17 heavy (non-hydrogen) atoms. The number of phenolic OH excluding ortho intramolecular Hbond substituents is 1. The summed E-state index contributed by atoms with van der Waals surface area (Å²) < 4.78 is 0. The van der Waals surface area contributed by atoms with Crippen LogP contribution in [0.2, 0.25) is 0 Å². The lowest BCUT2D eigenvalue weighted by Crippen LogP contribution is -1.90. The summed E-state index contributed by atoms with van der Waals surface area (Å²) in [5, 5.41) is 10.3. The Balaban J connectivity index is 2.60. The molecule has 0 saturated heterocycles. The third-order valence-electron chi connectivity index (χ3n) is 3.19. The van der Waals surface area contributed by atoms with Gasteiger partial charge in [0.1, 0.15) is 5.75 Å². The maximum atomic E-state index is 10.3. The average molecular weight is 226 g/mol. The molecule has 0 fully saturated rings. The van der Waals surface area contributed by atoms with Crippen molar-refractivity contribution in [3.63, 3.8) is 0 Å². The number of rotatable bonds is 3. The molecule has 0 saturated carbocycles. The molecule has 0 atom stereocenters. The number of aryl methyl sites for hydroxylation is 2. The highest BCUT2D eigenvalue weighted by atomic mass is 16.3. The van der Waals surface area contributed by atoms with E-state index in [1.54, 1.807) is 0 Å². The lowest BCUT2D eigenvalue weighted by atomic mass is 9.95. The Morgan fingerprint density at radius 3 is 2.06 bits per heavy atom. The van der Waals surface area contributed by atoms with Gasteiger partial charge in [0, 0.05) is 5.56 Å². The van der Waals surface area contributed by atoms with Crippen LogP contribution in [0.5, 0.6) is 5.75 Å². The van der Waals surface area contributed by atoms with Gasteiger partial charge >= 0.3 is 0 Å². The molecule has 0 spiro atoms. The first kappa shape index (κ1) is 11.7. The summed E-state index contributed by atoms with van der Waals surface area (Å²) >= 11 is 0. The monoisotopic (exact) mass is 226 g/mol. The minimum absolute atomic E-state index is 0.427. The molecule has 2 aromatic carbocycles. The third-order valence-corrected chi connectivity index (χ3v) is 3.19. The van der Waals surface area contributed by atoms with Crippen molar-refractivity contribution < 1.29 is 5.11 Å². The van der Waals surface area contributed by atoms with E-state index in [4.69, 9.17) is 0 Å². The van der Waals surface area contributed by atoms with E-state index in [1.807, 2.05) is 30.3 Å². The standard InChI is InChI=1S/C16H18O/c1-3-12-8-5-6-10-14(12)15-11-7-9-13(4-2)16(15)17/h5-11,17H,3-4H2,1-2H3. The fraction of sp³-hybridized carbons (Fsp3) is 0.250. The van der Waals surface area contributed by atoms with Crippen LogP contribution in [-0.2, 0) is 12.8 Å². The summed E-state index contributed by atoms with van der Waals surface area (Å²) in [6, 6.07) is 14.2. The zero-order chi connectivity index (χ0) is 12.3. The second kappa shape index (κ2) is 5.05. The molecule has 0 bridgehead atoms. The topological polar surface area (TPSA) is 20.2 Å². The second-order valence-corrected chi connectivity index (χ2v) is 4.18. The Bertz CT molecular complexity index is 515. The molecule has 1 nitrogen and oxygen atoms in total. The average Bonchev–Trinajstić information content (AvgIpc) is 2.39. The van der Waals surface area contributed by atoms with Gasteiger partial charge in [0.2, 0.25) is 0 Å². The highest BCUT2D eigenvalue weighted by Crippen LogP contribution is 2.34. The zero-order valence-corrected chi connectivity index (χ0v) is 10.4. The quantitative estimate of drug-likeness (QED) is 0.832. The minimum atomic E-state index is 0.427. The molecule has 2 aromatic rings. The molecule has 0 unspecified atom stereocenters. The molecule has 1 N–H and O–H groups in total. The first-order valence-electron chi connectivity index (χ1n) is 6.17. The lowest BCUT2D eigenvalue weighted by molar-refractivity contribution is 0.471. The summed E-state index contributed by atoms with van der Waals surface area (Å²) in [5.74, 6) is 0.427. The minimum Gasteiger partial charge on any atom is -0.507 e. The predicted molar refractivity (Wildman–Crippen MR) is 72.3 cm³/mol. The van der Waals surface area contributed by atoms with Gasteiger partial charge in [-0.05, 0) is 29.5 Å². The fourth-order valence-electron chi connectivity index (χ4n) is 2.19. The summed E-state index contributed by atoms with van der Waals surface area (Å²) in [4.78, 5) is 0. The number of para-hydroxylation sites is 1. The maximum absolute atomic E-state index is 10.3. The molecule has 0 amide bonds. The Morgan fingerprint density at radius 1 is 0.765 bits per heavy atom. The van der Waals surface area contributed by atoms with E-state index in [-0.39, 0.29) is 0 Å². The third kappa shape index (κ3) is 2.19. The molecular formula is C16H18O. The molecular weight excluding hydrogens is 208 g/mol. The van der Waals surface area contributed by atoms with Crippen molar-refractivity contribution in [3.05, 3.63) is 53.6 Å². The maximum Gasteiger partial charge on any atom is 0.126 e. The Labute approximate surface area is 103 Å². The second-order valence-electron chi connectivity index (χ2n) is 4.18. The largest absolute Gasteiger partial charge is 0.507 e. The summed E-state index contributed by atoms with van der Waals surface area (Å²) in [6.45, 7) is 4.20. The fourth-order valence-corrected chi connectivity index (χ4v) is 2.19. The van der Waals surface area contributed by atoms with E-state index in [0.717, 1.165) is 29.5 Å². The number of aromatic hydroxyl groups is 1. The molecule has 2 rings (SSSR count). The van der Waals surface area contributed by atoms with Crippen LogP contribution < -0.4 is 0 Å². The van der Waals surface area contributed by atoms with Gasteiger partial charge in [0.15, 0.2) is 0 Å². The SMILES string of the molecule is CCc1ccccc1-c1cccc(CC)c1O. The molecule has 1 heteroatoms. The number of benzene rings is 2. The lowest BCUT2D eigenvalue weighted by Gasteiger charge is -2.12. The Kier molecular flexibility index (Phi) is 3.48. The van der Waals surface area contributed by atoms with Gasteiger partial charge in [-0.2, -0.15) is 0 Å². The smallest absolute Gasteiger partial charge is 0.126 e. The first-order chi connectivity index (χ1) is 8.27. The molecule has 0 heterocycles. The van der Waals surface area contributed by atoms with Crippen molar-refractivity contribution in [1.82, 2.24) is 0 Å². The first-order valence-corrected chi connectivity index (χ1v) is 6.17. The van der Waals surface area contributed by atoms with E-state index in [2.05, 4.69) is 26.0 Å². The van der Waals surface area contributed by atoms with Crippen LogP contribution in [0.3, 0.4) is 0 Å². The van der Waals surface area contributed by atoms with E-state index < -0.39 is 0 Å². The summed E-state index contributed by atoms with van der Waals surface area (Å²) in [5.41, 5.74) is 4.37. The van der Waals surface area contributed by atoms with Crippen LogP contribution in [0.25, 0.3) is 11.1 Å². The number of hydrogen-bond acceptors (Lipinski definition) is 1. The predicted octanol–water partition coefficient (Wildman–Crippen LogP) is 4.18. The van der Waals surface area contributed by atoms with Crippen molar-refractivity contribution in [2.24, 2.45) is 0 Å². The van der Waals surface area contributed by atoms with E-state index in [1.165, 1.54) is 5.56 Å². The van der Waals surface area contributed by atoms with E-state index >= 15 is 0 Å². The van der Waals surface area contributed by atoms with Gasteiger partial charge in [-0.15, -0.1) is 0 Å². The Morgan fingerprint density at radius 2 is 1.35 bits per heavy atom. The van der Waals surface area contributed by atoms with Gasteiger partial charge in [-0.1, -0.05) is 56.3 Å². The van der Waals surface area contributed by atoms with Gasteiger partial charge in [0.05, 0.1) is 0 Å². The highest BCUT2D eigenvalue weighted by Gasteiger charge is 2.10. The molecule has 0 aliphatic heterocycles. The Hall–Kier alpha value is -1.76. The number of phenols is 1. The van der Waals surface area contributed by atoms with Crippen molar-refractivity contribution >= 4 is 0 Å². The highest BCUT2D eigenvalue weighted by molar-refractivity contribution is 5.74. The summed E-state index contributed by atoms with van der Waals surface area (Å²) in [7, 11) is 0. The number of hydrogen-bond donors (Lipinski definition) is 1.